The number of urea groups is 1. The number of methoxy groups -OCH3 is 7. The first-order valence-corrected chi connectivity index (χ1v) is 44.7. The lowest BCUT2D eigenvalue weighted by Gasteiger charge is -2.51. The number of carboxylic acid groups (broad SMARTS) is 2. The van der Waals surface area contributed by atoms with Crippen LogP contribution in [-0.4, -0.2) is 365 Å². The van der Waals surface area contributed by atoms with Crippen molar-refractivity contribution >= 4 is 128 Å². The molecule has 14 unspecified atom stereocenters. The Morgan fingerprint density at radius 1 is 0.419 bits per heavy atom. The molecule has 14 N–H and O–H groups in total. The quantitative estimate of drug-likeness (QED) is 0.00828. The van der Waals surface area contributed by atoms with E-state index < -0.39 is 222 Å². The summed E-state index contributed by atoms with van der Waals surface area (Å²) in [6.45, 7) is -3.02. The van der Waals surface area contributed by atoms with Gasteiger partial charge in [-0.15, -0.1) is 17.3 Å². The number of unbranched alkanes of at least 4 members (excludes halogenated alkanes) is 5. The number of carboxylic acids is 2. The van der Waals surface area contributed by atoms with E-state index in [1.807, 2.05) is 11.8 Å². The van der Waals surface area contributed by atoms with Crippen LogP contribution in [0.3, 0.4) is 0 Å². The number of fused-ring (bicyclic) bond motifs is 1. The Bertz CT molecular complexity index is 3580. The first kappa shape index (κ1) is 108. The molecule has 5 amide bonds. The minimum atomic E-state index is -5.61. The van der Waals surface area contributed by atoms with Crippen molar-refractivity contribution in [3.05, 3.63) is 0 Å². The van der Waals surface area contributed by atoms with Gasteiger partial charge in [0.2, 0.25) is 17.7 Å². The number of aliphatic carboxylic acids is 2. The van der Waals surface area contributed by atoms with Gasteiger partial charge in [0.15, 0.2) is 105 Å². The van der Waals surface area contributed by atoms with Gasteiger partial charge in [0.1, 0.15) is 97.6 Å². The average Bonchev–Trinajstić information content (AvgIpc) is 0.937. The number of nitrogens with one attached hydrogen (secondary N) is 5. The fraction of sp³-hybridized carbons (Fsp3) is 0.898. The zero-order valence-corrected chi connectivity index (χ0v) is 72.8. The van der Waals surface area contributed by atoms with Crippen molar-refractivity contribution in [1.29, 1.82) is 0 Å². The second kappa shape index (κ2) is 54.6. The third-order valence-electron chi connectivity index (χ3n) is 19.5. The molecule has 0 spiro atoms. The van der Waals surface area contributed by atoms with Crippen LogP contribution in [0.1, 0.15) is 77.0 Å². The molecular weight excluding hydrogens is 1870 g/mol. The predicted octanol–water partition coefficient (Wildman–Crippen LogP) is -1.44. The van der Waals surface area contributed by atoms with E-state index in [-0.39, 0.29) is 105 Å². The van der Waals surface area contributed by atoms with E-state index in [4.69, 9.17) is 107 Å². The number of hydrogen-bond donors (Lipinski definition) is 14. The van der Waals surface area contributed by atoms with Crippen molar-refractivity contribution in [1.82, 2.24) is 26.6 Å². The van der Waals surface area contributed by atoms with Crippen LogP contribution >= 0.6 is 61.1 Å². The van der Waals surface area contributed by atoms with E-state index in [9.17, 15) is 88.4 Å². The molecule has 0 bridgehead atoms. The summed E-state index contributed by atoms with van der Waals surface area (Å²) in [5, 5.41) is 87.8. The largest absolute Gasteiger partial charge is 0.479 e. The minimum absolute atomic E-state index is 0.0599. The number of hydrogen-bond acceptors (Lipinski definition) is 52. The molecule has 7 aliphatic rings. The fourth-order valence-corrected chi connectivity index (χ4v) is 18.1. The van der Waals surface area contributed by atoms with Crippen LogP contribution in [0.15, 0.2) is 0 Å². The van der Waals surface area contributed by atoms with Gasteiger partial charge >= 0.3 is 49.2 Å². The van der Waals surface area contributed by atoms with E-state index in [2.05, 4.69) is 72.4 Å². The third-order valence-corrected chi connectivity index (χ3v) is 24.0. The van der Waals surface area contributed by atoms with Crippen LogP contribution in [0.25, 0.3) is 0 Å². The summed E-state index contributed by atoms with van der Waals surface area (Å²) in [4.78, 5) is 78.4. The van der Waals surface area contributed by atoms with Gasteiger partial charge in [0.05, 0.1) is 31.9 Å². The highest BCUT2D eigenvalue weighted by Crippen LogP contribution is 2.43. The van der Waals surface area contributed by atoms with Crippen LogP contribution in [0.5, 0.6) is 0 Å². The van der Waals surface area contributed by atoms with E-state index in [1.165, 1.54) is 0 Å². The lowest BCUT2D eigenvalue weighted by molar-refractivity contribution is -0.437. The maximum absolute atomic E-state index is 14.1. The molecule has 65 heteroatoms. The zero-order chi connectivity index (χ0) is 90.8. The normalized spacial score (nSPS) is 33.5. The second-order valence-corrected chi connectivity index (χ2v) is 33.4. The average molecular weight is 1970 g/mol. The van der Waals surface area contributed by atoms with Crippen molar-refractivity contribution in [2.45, 2.75) is 248 Å². The molecular formula is C59H99N5O52S8. The number of amides is 5. The summed E-state index contributed by atoms with van der Waals surface area (Å²) in [6, 6.07) is -1.48. The maximum Gasteiger partial charge on any atom is 0.397 e. The number of carbonyl (C=O) groups excluding carboxylic acids is 4. The van der Waals surface area contributed by atoms with Crippen molar-refractivity contribution in [3.8, 4) is 0 Å². The molecule has 0 aliphatic carbocycles. The predicted molar refractivity (Wildman–Crippen MR) is 400 cm³/mol. The van der Waals surface area contributed by atoms with Crippen molar-refractivity contribution in [3.63, 3.8) is 0 Å². The molecule has 124 heavy (non-hydrogen) atoms. The van der Waals surface area contributed by atoms with Crippen LogP contribution in [0.4, 0.5) is 4.79 Å². The van der Waals surface area contributed by atoms with Crippen LogP contribution in [0, 0.1) is 0 Å². The van der Waals surface area contributed by atoms with E-state index in [0.717, 1.165) is 68.4 Å². The van der Waals surface area contributed by atoms with Gasteiger partial charge in [-0.1, -0.05) is 39.4 Å². The standard InChI is InChI=1S/C59H99N5O52S8/c1-86-36-27(22-93-122(77,78)79)96-54(35(39(36)87-2)63-33(67)19-11-9-15-21-60-31(65)17-10-8-14-20-61-32(66)18-13-12-16-30-34-26(25-117-30)62-59(72)64-34)101-42-40(88-3)48(90-5)56(103-46(42)52(68)69)100-38-29(24-95-124(83,84)85)98-58(51(108-121-116-112-76)45(38)106-119-114-110-74)102-43-41(89-4)49(91-6)57(104-47(43)53(70)71)99-37-28(23-94-123(80,81)82)97-55(92-7)50(107-120-115-111-75)44(37)105-118-113-109-73/h26-30,34-51,54-58,73-76H,8-25H2,1-7H3,(H,60,65)(H,61,66)(H,63,67)(H,68,69)(H,70,71)(H2,62,64,72)(H,77,78,79)(H,80,81,82)(H,83,84,85)/t26?,27?,28?,29-,30?,34?,35?,36?,37+,38+,39+,40-,41?,42-,43-,44-,45?,46?,47+,48?,49?,50?,51?,54+,55-,56+,57+,58+/m0/s1. The summed E-state index contributed by atoms with van der Waals surface area (Å²) >= 11 is 0.922. The second-order valence-electron chi connectivity index (χ2n) is 27.0. The first-order valence-electron chi connectivity index (χ1n) is 36.9. The lowest BCUT2D eigenvalue weighted by atomic mass is 9.94. The Morgan fingerprint density at radius 3 is 1.20 bits per heavy atom. The van der Waals surface area contributed by atoms with Gasteiger partial charge in [0.25, 0.3) is 0 Å². The molecule has 7 saturated heterocycles. The molecule has 720 valence electrons. The van der Waals surface area contributed by atoms with Crippen molar-refractivity contribution in [2.24, 2.45) is 0 Å². The van der Waals surface area contributed by atoms with E-state index >= 15 is 0 Å². The monoisotopic (exact) mass is 1970 g/mol. The fourth-order valence-electron chi connectivity index (χ4n) is 14.2. The summed E-state index contributed by atoms with van der Waals surface area (Å²) < 4.78 is 252. The Labute approximate surface area is 728 Å². The molecule has 0 aromatic rings. The summed E-state index contributed by atoms with van der Waals surface area (Å²) in [5.41, 5.74) is 0. The van der Waals surface area contributed by atoms with Gasteiger partial charge in [0, 0.05) is 93.1 Å². The van der Waals surface area contributed by atoms with Gasteiger partial charge in [-0.25, -0.2) is 48.0 Å². The van der Waals surface area contributed by atoms with Crippen LogP contribution in [0.2, 0.25) is 0 Å². The van der Waals surface area contributed by atoms with Crippen molar-refractivity contribution < 1.29 is 241 Å². The lowest BCUT2D eigenvalue weighted by Crippen LogP contribution is -2.70. The molecule has 0 aromatic carbocycles. The van der Waals surface area contributed by atoms with Gasteiger partial charge < -0.3 is 113 Å². The highest BCUT2D eigenvalue weighted by molar-refractivity contribution is 8.00. The SMILES string of the molecule is COC1C(OC)[C@H](O[C@H]2O[C@@H](COS(=O)(=O)O)[C@@H](O[C@@H]3OC(C(=O)O)[C@@H](O[C@H]4OC(COS(=O)(=O)O)C(OC)[C@H](OC)C4NC(=O)CCCCCNC(=O)CCCCCNC(=O)CCCCC4SCC5NC(=O)NC54)[C@H](OC)C3OC)C(OSOOO)C2OSOOO)[C@H](C(=O)O)O[C@H]1O[C@@H]1C(COS(=O)(=O)O)O[C@H](OC)C(OSOOO)[C@H]1OSOOO. The Morgan fingerprint density at radius 2 is 0.790 bits per heavy atom. The Balaban J connectivity index is 1.09. The zero-order valence-electron chi connectivity index (χ0n) is 66.2. The highest BCUT2D eigenvalue weighted by Gasteiger charge is 2.62. The Kier molecular flexibility index (Phi) is 47.5. The summed E-state index contributed by atoms with van der Waals surface area (Å²) in [6.07, 6.45) is -42.5. The molecule has 0 aromatic heterocycles. The number of ether oxygens (including phenoxy) is 16. The van der Waals surface area contributed by atoms with E-state index in [0.29, 0.717) is 56.7 Å². The molecule has 0 saturated carbocycles. The summed E-state index contributed by atoms with van der Waals surface area (Å²) in [7, 11) is -8.99. The number of thioether (sulfide) groups is 1. The van der Waals surface area contributed by atoms with Gasteiger partial charge in [-0.05, 0) is 38.5 Å². The topological polar surface area (TPSA) is 733 Å². The molecule has 7 heterocycles. The van der Waals surface area contributed by atoms with Crippen molar-refractivity contribution in [2.75, 3.05) is 88.4 Å². The number of carbonyl (C=O) groups is 6. The van der Waals surface area contributed by atoms with Gasteiger partial charge in [-0.3, -0.25) is 44.8 Å². The maximum atomic E-state index is 14.1. The molecule has 0 radical (unpaired) electrons. The molecule has 7 aliphatic heterocycles. The first-order chi connectivity index (χ1) is 59.2. The number of rotatable bonds is 60. The Hall–Kier alpha value is -3.30. The third kappa shape index (κ3) is 33.2. The summed E-state index contributed by atoms with van der Waals surface area (Å²) in [5.74, 6) is -4.01. The van der Waals surface area contributed by atoms with Crippen LogP contribution < -0.4 is 26.6 Å². The molecule has 7 fully saturated rings. The molecule has 57 nitrogen and oxygen atoms in total. The molecule has 7 rings (SSSR count). The smallest absolute Gasteiger partial charge is 0.397 e. The molecule has 28 atom stereocenters. The van der Waals surface area contributed by atoms with Crippen LogP contribution in [-0.2, 0) is 198 Å². The van der Waals surface area contributed by atoms with Gasteiger partial charge in [-0.2, -0.15) is 37.0 Å². The minimum Gasteiger partial charge on any atom is -0.479 e. The van der Waals surface area contributed by atoms with E-state index in [1.54, 1.807) is 0 Å². The highest BCUT2D eigenvalue weighted by atomic mass is 32.3.